The van der Waals surface area contributed by atoms with Gasteiger partial charge in [0, 0.05) is 25.1 Å². The Balaban J connectivity index is 1.55. The first kappa shape index (κ1) is 17.8. The second kappa shape index (κ2) is 6.55. The van der Waals surface area contributed by atoms with Crippen molar-refractivity contribution in [1.29, 1.82) is 0 Å². The van der Waals surface area contributed by atoms with Gasteiger partial charge in [-0.15, -0.1) is 0 Å². The van der Waals surface area contributed by atoms with Crippen molar-refractivity contribution in [3.63, 3.8) is 0 Å². The maximum atomic E-state index is 13.2. The van der Waals surface area contributed by atoms with Crippen molar-refractivity contribution in [2.24, 2.45) is 11.8 Å². The van der Waals surface area contributed by atoms with E-state index < -0.39 is 11.6 Å². The highest BCUT2D eigenvalue weighted by molar-refractivity contribution is 6.09. The van der Waals surface area contributed by atoms with Crippen LogP contribution in [0.5, 0.6) is 5.75 Å². The number of fused-ring (bicyclic) bond motifs is 2. The van der Waals surface area contributed by atoms with Gasteiger partial charge in [0.1, 0.15) is 12.3 Å². The molecule has 4 amide bonds. The zero-order valence-corrected chi connectivity index (χ0v) is 15.7. The number of urea groups is 1. The molecule has 2 fully saturated rings. The van der Waals surface area contributed by atoms with Gasteiger partial charge in [0.25, 0.3) is 5.91 Å². The minimum absolute atomic E-state index is 0.172. The number of nitrogens with one attached hydrogen (secondary N) is 1. The highest BCUT2D eigenvalue weighted by atomic mass is 16.5. The van der Waals surface area contributed by atoms with Crippen LogP contribution in [0.25, 0.3) is 0 Å². The predicted molar refractivity (Wildman–Crippen MR) is 98.0 cm³/mol. The molecule has 3 aliphatic heterocycles. The van der Waals surface area contributed by atoms with Gasteiger partial charge >= 0.3 is 6.03 Å². The van der Waals surface area contributed by atoms with Crippen LogP contribution in [0.15, 0.2) is 24.3 Å². The summed E-state index contributed by atoms with van der Waals surface area (Å²) in [6, 6.07) is 6.73. The summed E-state index contributed by atoms with van der Waals surface area (Å²) in [7, 11) is 0. The largest absolute Gasteiger partial charge is 0.493 e. The van der Waals surface area contributed by atoms with Gasteiger partial charge in [-0.25, -0.2) is 4.79 Å². The predicted octanol–water partition coefficient (Wildman–Crippen LogP) is 1.72. The summed E-state index contributed by atoms with van der Waals surface area (Å²) >= 11 is 0. The molecule has 3 heterocycles. The van der Waals surface area contributed by atoms with Gasteiger partial charge in [-0.1, -0.05) is 32.0 Å². The summed E-state index contributed by atoms with van der Waals surface area (Å²) in [6.45, 7) is 5.72. The van der Waals surface area contributed by atoms with E-state index in [9.17, 15) is 14.4 Å². The van der Waals surface area contributed by atoms with E-state index in [1.807, 2.05) is 12.1 Å². The Morgan fingerprint density at radius 3 is 2.67 bits per heavy atom. The maximum Gasteiger partial charge on any atom is 0.325 e. The van der Waals surface area contributed by atoms with Crippen LogP contribution in [-0.2, 0) is 15.1 Å². The lowest BCUT2D eigenvalue weighted by molar-refractivity contribution is -0.141. The fourth-order valence-electron chi connectivity index (χ4n) is 4.62. The Morgan fingerprint density at radius 2 is 1.93 bits per heavy atom. The Kier molecular flexibility index (Phi) is 4.32. The van der Waals surface area contributed by atoms with Crippen molar-refractivity contribution >= 4 is 17.8 Å². The number of nitrogens with zero attached hydrogens (tertiary/aromatic N) is 2. The number of rotatable bonds is 2. The van der Waals surface area contributed by atoms with E-state index in [4.69, 9.17) is 4.74 Å². The van der Waals surface area contributed by atoms with Gasteiger partial charge in [0.2, 0.25) is 5.91 Å². The third-order valence-corrected chi connectivity index (χ3v) is 5.77. The molecule has 4 rings (SSSR count). The third kappa shape index (κ3) is 2.95. The number of amides is 4. The highest BCUT2D eigenvalue weighted by Gasteiger charge is 2.55. The summed E-state index contributed by atoms with van der Waals surface area (Å²) < 4.78 is 5.63. The van der Waals surface area contributed by atoms with Crippen molar-refractivity contribution in [1.82, 2.24) is 15.1 Å². The molecule has 1 aromatic rings. The molecular formula is C20H25N3O4. The second-order valence-corrected chi connectivity index (χ2v) is 8.07. The van der Waals surface area contributed by atoms with E-state index in [-0.39, 0.29) is 18.4 Å². The van der Waals surface area contributed by atoms with Crippen molar-refractivity contribution < 1.29 is 19.1 Å². The minimum atomic E-state index is -1.13. The van der Waals surface area contributed by atoms with Crippen molar-refractivity contribution in [2.45, 2.75) is 32.2 Å². The molecule has 2 saturated heterocycles. The molecule has 3 aliphatic rings. The second-order valence-electron chi connectivity index (χ2n) is 8.07. The van der Waals surface area contributed by atoms with Crippen LogP contribution in [0.1, 0.15) is 32.3 Å². The molecule has 3 atom stereocenters. The topological polar surface area (TPSA) is 79.0 Å². The molecule has 7 nitrogen and oxygen atoms in total. The van der Waals surface area contributed by atoms with Crippen LogP contribution >= 0.6 is 0 Å². The van der Waals surface area contributed by atoms with Crippen LogP contribution in [0, 0.1) is 11.8 Å². The molecule has 27 heavy (non-hydrogen) atoms. The standard InChI is InChI=1S/C20H25N3O4/c1-13-9-14(2)11-22(10-13)17(24)12-23-18(25)20(21-19(23)26)7-8-27-16-6-4-3-5-15(16)20/h3-6,13-14H,7-12H2,1-2H3,(H,21,26). The molecule has 0 aliphatic carbocycles. The third-order valence-electron chi connectivity index (χ3n) is 5.77. The molecular weight excluding hydrogens is 346 g/mol. The Morgan fingerprint density at radius 1 is 1.22 bits per heavy atom. The normalized spacial score (nSPS) is 30.1. The molecule has 0 radical (unpaired) electrons. The summed E-state index contributed by atoms with van der Waals surface area (Å²) in [5.41, 5.74) is -0.473. The molecule has 3 unspecified atom stereocenters. The first-order chi connectivity index (χ1) is 12.9. The number of carbonyl (C=O) groups excluding carboxylic acids is 3. The Bertz CT molecular complexity index is 785. The molecule has 0 aromatic heterocycles. The highest BCUT2D eigenvalue weighted by Crippen LogP contribution is 2.40. The molecule has 1 N–H and O–H groups in total. The van der Waals surface area contributed by atoms with Gasteiger partial charge in [0.05, 0.1) is 6.61 Å². The van der Waals surface area contributed by atoms with Crippen molar-refractivity contribution in [3.8, 4) is 5.75 Å². The molecule has 0 saturated carbocycles. The number of benzene rings is 1. The van der Waals surface area contributed by atoms with E-state index in [2.05, 4.69) is 19.2 Å². The van der Waals surface area contributed by atoms with Crippen LogP contribution in [0.3, 0.4) is 0 Å². The van der Waals surface area contributed by atoms with Crippen LogP contribution in [0.2, 0.25) is 0 Å². The lowest BCUT2D eigenvalue weighted by Crippen LogP contribution is -2.50. The summed E-state index contributed by atoms with van der Waals surface area (Å²) in [4.78, 5) is 41.4. The summed E-state index contributed by atoms with van der Waals surface area (Å²) in [5.74, 6) is 0.914. The van der Waals surface area contributed by atoms with E-state index >= 15 is 0 Å². The first-order valence-corrected chi connectivity index (χ1v) is 9.55. The Hall–Kier alpha value is -2.57. The smallest absolute Gasteiger partial charge is 0.325 e. The average molecular weight is 371 g/mol. The number of ether oxygens (including phenoxy) is 1. The summed E-state index contributed by atoms with van der Waals surface area (Å²) in [5, 5.41) is 2.84. The van der Waals surface area contributed by atoms with Gasteiger partial charge < -0.3 is 15.0 Å². The Labute approximate surface area is 158 Å². The number of hydrogen-bond acceptors (Lipinski definition) is 4. The quantitative estimate of drug-likeness (QED) is 0.803. The number of hydrogen-bond donors (Lipinski definition) is 1. The van der Waals surface area contributed by atoms with E-state index in [0.29, 0.717) is 49.3 Å². The molecule has 1 spiro atoms. The van der Waals surface area contributed by atoms with Gasteiger partial charge in [-0.2, -0.15) is 0 Å². The molecule has 7 heteroatoms. The SMILES string of the molecule is CC1CC(C)CN(C(=O)CN2C(=O)NC3(CCOc4ccccc43)C2=O)C1. The molecule has 1 aromatic carbocycles. The number of para-hydroxylation sites is 1. The number of piperidine rings is 1. The van der Waals surface area contributed by atoms with Crippen LogP contribution in [0.4, 0.5) is 4.79 Å². The van der Waals surface area contributed by atoms with Gasteiger partial charge in [0.15, 0.2) is 5.54 Å². The zero-order valence-electron chi connectivity index (χ0n) is 15.7. The van der Waals surface area contributed by atoms with Crippen molar-refractivity contribution in [2.75, 3.05) is 26.2 Å². The fraction of sp³-hybridized carbons (Fsp3) is 0.550. The van der Waals surface area contributed by atoms with E-state index in [0.717, 1.165) is 11.3 Å². The molecule has 144 valence electrons. The first-order valence-electron chi connectivity index (χ1n) is 9.55. The van der Waals surface area contributed by atoms with Crippen LogP contribution in [-0.4, -0.2) is 53.9 Å². The lowest BCUT2D eigenvalue weighted by Gasteiger charge is -2.36. The number of likely N-dealkylation sites (tertiary alicyclic amines) is 1. The van der Waals surface area contributed by atoms with Crippen molar-refractivity contribution in [3.05, 3.63) is 29.8 Å². The monoisotopic (exact) mass is 371 g/mol. The maximum absolute atomic E-state index is 13.2. The van der Waals surface area contributed by atoms with Gasteiger partial charge in [-0.3, -0.25) is 14.5 Å². The van der Waals surface area contributed by atoms with E-state index in [1.54, 1.807) is 17.0 Å². The van der Waals surface area contributed by atoms with E-state index in [1.165, 1.54) is 0 Å². The zero-order chi connectivity index (χ0) is 19.2. The lowest BCUT2D eigenvalue weighted by atomic mass is 9.84. The number of carbonyl (C=O) groups is 3. The summed E-state index contributed by atoms with van der Waals surface area (Å²) in [6.07, 6.45) is 1.45. The fourth-order valence-corrected chi connectivity index (χ4v) is 4.62. The average Bonchev–Trinajstić information content (AvgIpc) is 2.86. The van der Waals surface area contributed by atoms with Crippen LogP contribution < -0.4 is 10.1 Å². The molecule has 0 bridgehead atoms. The van der Waals surface area contributed by atoms with Gasteiger partial charge in [-0.05, 0) is 24.3 Å². The number of imide groups is 1. The minimum Gasteiger partial charge on any atom is -0.493 e.